The van der Waals surface area contributed by atoms with Crippen molar-refractivity contribution in [3.63, 3.8) is 0 Å². The summed E-state index contributed by atoms with van der Waals surface area (Å²) in [5, 5.41) is 0. The van der Waals surface area contributed by atoms with Crippen LogP contribution in [0.15, 0.2) is 24.3 Å². The van der Waals surface area contributed by atoms with Crippen molar-refractivity contribution in [2.24, 2.45) is 0 Å². The van der Waals surface area contributed by atoms with Crippen LogP contribution in [-0.2, 0) is 17.5 Å². The molecule has 3 aliphatic rings. The lowest BCUT2D eigenvalue weighted by molar-refractivity contribution is -0.140. The molecule has 1 aromatic carbocycles. The maximum atomic E-state index is 13.4. The highest BCUT2D eigenvalue weighted by Crippen LogP contribution is 2.43. The lowest BCUT2D eigenvalue weighted by Gasteiger charge is -2.36. The molecule has 3 nitrogen and oxygen atoms in total. The van der Waals surface area contributed by atoms with Crippen LogP contribution in [-0.4, -0.2) is 40.4 Å². The Bertz CT molecular complexity index is 699. The number of rotatable bonds is 3. The van der Waals surface area contributed by atoms with Crippen molar-refractivity contribution in [2.75, 3.05) is 13.1 Å². The monoisotopic (exact) mass is 380 g/mol. The first-order chi connectivity index (χ1) is 12.9. The van der Waals surface area contributed by atoms with Crippen molar-refractivity contribution in [1.29, 1.82) is 0 Å². The Hall–Kier alpha value is -1.56. The second-order valence-electron chi connectivity index (χ2n) is 8.25. The Labute approximate surface area is 158 Å². The molecule has 1 aromatic rings. The van der Waals surface area contributed by atoms with Gasteiger partial charge in [-0.25, -0.2) is 0 Å². The number of carbonyl (C=O) groups is 1. The molecule has 3 fully saturated rings. The third-order valence-electron chi connectivity index (χ3n) is 6.75. The molecule has 1 amide bonds. The van der Waals surface area contributed by atoms with E-state index < -0.39 is 17.3 Å². The minimum atomic E-state index is -4.36. The molecule has 1 saturated carbocycles. The van der Waals surface area contributed by atoms with Gasteiger partial charge in [-0.15, -0.1) is 0 Å². The van der Waals surface area contributed by atoms with E-state index >= 15 is 0 Å². The highest BCUT2D eigenvalue weighted by atomic mass is 19.4. The molecular formula is C21H27F3N2O. The molecule has 1 aliphatic carbocycles. The molecule has 0 radical (unpaired) electrons. The molecule has 1 unspecified atom stereocenters. The van der Waals surface area contributed by atoms with Crippen molar-refractivity contribution in [3.8, 4) is 0 Å². The molecule has 27 heavy (non-hydrogen) atoms. The largest absolute Gasteiger partial charge is 0.416 e. The van der Waals surface area contributed by atoms with Crippen LogP contribution in [0.3, 0.4) is 0 Å². The molecule has 2 heterocycles. The smallest absolute Gasteiger partial charge is 0.338 e. The third-order valence-corrected chi connectivity index (χ3v) is 6.75. The van der Waals surface area contributed by atoms with Crippen molar-refractivity contribution in [2.45, 2.75) is 75.7 Å². The number of nitrogens with zero attached hydrogens (tertiary/aromatic N) is 2. The normalized spacial score (nSPS) is 27.8. The zero-order valence-electron chi connectivity index (χ0n) is 15.6. The Morgan fingerprint density at radius 2 is 1.74 bits per heavy atom. The maximum absolute atomic E-state index is 13.4. The molecule has 1 atom stereocenters. The van der Waals surface area contributed by atoms with E-state index in [1.54, 1.807) is 12.1 Å². The number of halogens is 3. The van der Waals surface area contributed by atoms with Crippen LogP contribution in [0.4, 0.5) is 13.2 Å². The lowest BCUT2D eigenvalue weighted by Crippen LogP contribution is -2.51. The number of amides is 1. The predicted octanol–water partition coefficient (Wildman–Crippen LogP) is 4.61. The van der Waals surface area contributed by atoms with Gasteiger partial charge in [0.1, 0.15) is 5.54 Å². The van der Waals surface area contributed by atoms with E-state index in [4.69, 9.17) is 0 Å². The maximum Gasteiger partial charge on any atom is 0.416 e. The van der Waals surface area contributed by atoms with E-state index in [1.165, 1.54) is 25.3 Å². The molecular weight excluding hydrogens is 353 g/mol. The number of likely N-dealkylation sites (tertiary alicyclic amines) is 2. The summed E-state index contributed by atoms with van der Waals surface area (Å²) in [6.07, 6.45) is 3.74. The van der Waals surface area contributed by atoms with Crippen LogP contribution in [0.2, 0.25) is 0 Å². The van der Waals surface area contributed by atoms with E-state index in [0.717, 1.165) is 44.7 Å². The van der Waals surface area contributed by atoms with Crippen LogP contribution in [0.1, 0.15) is 62.5 Å². The number of hydrogen-bond acceptors (Lipinski definition) is 2. The Morgan fingerprint density at radius 3 is 2.48 bits per heavy atom. The molecule has 6 heteroatoms. The van der Waals surface area contributed by atoms with E-state index in [0.29, 0.717) is 12.6 Å². The van der Waals surface area contributed by atoms with Gasteiger partial charge >= 0.3 is 6.18 Å². The molecule has 0 bridgehead atoms. The topological polar surface area (TPSA) is 23.6 Å². The van der Waals surface area contributed by atoms with Crippen molar-refractivity contribution < 1.29 is 18.0 Å². The standard InChI is InChI=1S/C21H27F3N2O/c22-21(23,24)18-10-5-4-7-16(18)15-25-13-6-11-20(25)12-14-26(19(20)27)17-8-2-1-3-9-17/h4-5,7,10,17H,1-3,6,8-9,11-15H2. The van der Waals surface area contributed by atoms with Gasteiger partial charge < -0.3 is 4.90 Å². The first kappa shape index (κ1) is 18.8. The molecule has 4 rings (SSSR count). The summed E-state index contributed by atoms with van der Waals surface area (Å²) in [7, 11) is 0. The second-order valence-corrected chi connectivity index (χ2v) is 8.25. The van der Waals surface area contributed by atoms with E-state index in [1.807, 2.05) is 9.80 Å². The Kier molecular flexibility index (Phi) is 4.95. The Balaban J connectivity index is 1.56. The van der Waals surface area contributed by atoms with Crippen molar-refractivity contribution >= 4 is 5.91 Å². The van der Waals surface area contributed by atoms with E-state index in [-0.39, 0.29) is 18.0 Å². The highest BCUT2D eigenvalue weighted by molar-refractivity contribution is 5.89. The first-order valence-electron chi connectivity index (χ1n) is 10.1. The third kappa shape index (κ3) is 3.37. The van der Waals surface area contributed by atoms with Crippen LogP contribution < -0.4 is 0 Å². The van der Waals surface area contributed by atoms with E-state index in [9.17, 15) is 18.0 Å². The number of carbonyl (C=O) groups excluding carboxylic acids is 1. The van der Waals surface area contributed by atoms with Gasteiger partial charge in [-0.2, -0.15) is 13.2 Å². The minimum Gasteiger partial charge on any atom is -0.338 e. The van der Waals surface area contributed by atoms with Crippen LogP contribution >= 0.6 is 0 Å². The summed E-state index contributed by atoms with van der Waals surface area (Å²) in [6.45, 7) is 1.64. The van der Waals surface area contributed by atoms with Crippen LogP contribution in [0.25, 0.3) is 0 Å². The fraction of sp³-hybridized carbons (Fsp3) is 0.667. The van der Waals surface area contributed by atoms with Crippen LogP contribution in [0, 0.1) is 0 Å². The summed E-state index contributed by atoms with van der Waals surface area (Å²) in [4.78, 5) is 17.5. The average Bonchev–Trinajstić information content (AvgIpc) is 3.20. The van der Waals surface area contributed by atoms with Crippen molar-refractivity contribution in [1.82, 2.24) is 9.80 Å². The summed E-state index contributed by atoms with van der Waals surface area (Å²) in [5.41, 5.74) is -0.896. The van der Waals surface area contributed by atoms with Gasteiger partial charge in [0.05, 0.1) is 5.56 Å². The zero-order valence-corrected chi connectivity index (χ0v) is 15.6. The quantitative estimate of drug-likeness (QED) is 0.765. The van der Waals surface area contributed by atoms with E-state index in [2.05, 4.69) is 0 Å². The predicted molar refractivity (Wildman–Crippen MR) is 97.0 cm³/mol. The van der Waals surface area contributed by atoms with Crippen molar-refractivity contribution in [3.05, 3.63) is 35.4 Å². The van der Waals surface area contributed by atoms with Gasteiger partial charge in [0.25, 0.3) is 0 Å². The minimum absolute atomic E-state index is 0.163. The number of benzene rings is 1. The number of hydrogen-bond donors (Lipinski definition) is 0. The molecule has 2 aliphatic heterocycles. The molecule has 148 valence electrons. The molecule has 2 saturated heterocycles. The van der Waals surface area contributed by atoms with Crippen LogP contribution in [0.5, 0.6) is 0 Å². The molecule has 0 N–H and O–H groups in total. The lowest BCUT2D eigenvalue weighted by atomic mass is 9.92. The molecule has 0 aromatic heterocycles. The fourth-order valence-electron chi connectivity index (χ4n) is 5.35. The van der Waals surface area contributed by atoms with Gasteiger partial charge in [-0.3, -0.25) is 9.69 Å². The van der Waals surface area contributed by atoms with Gasteiger partial charge in [0.15, 0.2) is 0 Å². The summed E-state index contributed by atoms with van der Waals surface area (Å²) < 4.78 is 40.1. The SMILES string of the molecule is O=C1N(C2CCCCC2)CCC12CCCN2Cc1ccccc1C(F)(F)F. The van der Waals surface area contributed by atoms with Gasteiger partial charge in [-0.05, 0) is 50.3 Å². The summed E-state index contributed by atoms with van der Waals surface area (Å²) in [5.74, 6) is 0.163. The average molecular weight is 380 g/mol. The fourth-order valence-corrected chi connectivity index (χ4v) is 5.35. The van der Waals surface area contributed by atoms with Gasteiger partial charge in [-0.1, -0.05) is 37.5 Å². The zero-order chi connectivity index (χ0) is 19.1. The van der Waals surface area contributed by atoms with Gasteiger partial charge in [0.2, 0.25) is 5.91 Å². The number of alkyl halides is 3. The first-order valence-corrected chi connectivity index (χ1v) is 10.1. The summed E-state index contributed by atoms with van der Waals surface area (Å²) in [6, 6.07) is 6.10. The summed E-state index contributed by atoms with van der Waals surface area (Å²) >= 11 is 0. The Morgan fingerprint density at radius 1 is 1.00 bits per heavy atom. The molecule has 1 spiro atoms. The second kappa shape index (κ2) is 7.12. The highest BCUT2D eigenvalue weighted by Gasteiger charge is 2.54. The van der Waals surface area contributed by atoms with Gasteiger partial charge in [0, 0.05) is 19.1 Å².